The Hall–Kier alpha value is -3.43. The van der Waals surface area contributed by atoms with Gasteiger partial charge >= 0.3 is 11.9 Å². The van der Waals surface area contributed by atoms with Crippen molar-refractivity contribution in [2.24, 2.45) is 0 Å². The van der Waals surface area contributed by atoms with E-state index in [1.54, 1.807) is 0 Å². The lowest BCUT2D eigenvalue weighted by atomic mass is 9.94. The molecule has 24 heavy (non-hydrogen) atoms. The van der Waals surface area contributed by atoms with Gasteiger partial charge in [0.25, 0.3) is 5.56 Å². The molecular formula is C14H10F2N2O6. The maximum atomic E-state index is 14.3. The smallest absolute Gasteiger partial charge is 0.342 e. The van der Waals surface area contributed by atoms with Crippen LogP contribution in [0.1, 0.15) is 20.7 Å². The van der Waals surface area contributed by atoms with Crippen LogP contribution in [0.3, 0.4) is 0 Å². The van der Waals surface area contributed by atoms with E-state index in [0.717, 1.165) is 7.11 Å². The van der Waals surface area contributed by atoms with Gasteiger partial charge in [0, 0.05) is 17.7 Å². The second-order valence-corrected chi connectivity index (χ2v) is 4.57. The second kappa shape index (κ2) is 5.99. The fourth-order valence-electron chi connectivity index (χ4n) is 2.25. The number of H-pyrrole nitrogens is 1. The molecule has 126 valence electrons. The van der Waals surface area contributed by atoms with E-state index in [9.17, 15) is 33.4 Å². The van der Waals surface area contributed by atoms with Crippen molar-refractivity contribution in [1.29, 1.82) is 0 Å². The van der Waals surface area contributed by atoms with Crippen LogP contribution in [0.25, 0.3) is 11.1 Å². The van der Waals surface area contributed by atoms with Crippen LogP contribution in [0.2, 0.25) is 0 Å². The Morgan fingerprint density at radius 1 is 1.12 bits per heavy atom. The lowest BCUT2D eigenvalue weighted by Crippen LogP contribution is -2.24. The number of aromatic amines is 1. The second-order valence-electron chi connectivity index (χ2n) is 4.57. The third kappa shape index (κ3) is 2.64. The summed E-state index contributed by atoms with van der Waals surface area (Å²) < 4.78 is 32.4. The van der Waals surface area contributed by atoms with Gasteiger partial charge in [-0.15, -0.1) is 0 Å². The van der Waals surface area contributed by atoms with Gasteiger partial charge in [0.1, 0.15) is 34.3 Å². The highest BCUT2D eigenvalue weighted by molar-refractivity contribution is 6.08. The number of carbonyl (C=O) groups is 2. The Morgan fingerprint density at radius 3 is 2.21 bits per heavy atom. The van der Waals surface area contributed by atoms with Crippen molar-refractivity contribution < 1.29 is 33.3 Å². The van der Waals surface area contributed by atoms with Gasteiger partial charge in [-0.2, -0.15) is 0 Å². The molecule has 0 fully saturated rings. The van der Waals surface area contributed by atoms with E-state index in [4.69, 9.17) is 10.5 Å². The van der Waals surface area contributed by atoms with Crippen LogP contribution in [-0.4, -0.2) is 34.2 Å². The minimum Gasteiger partial charge on any atom is -0.496 e. The number of pyridine rings is 1. The van der Waals surface area contributed by atoms with Crippen LogP contribution in [0.5, 0.6) is 5.75 Å². The zero-order chi connectivity index (χ0) is 18.2. The predicted molar refractivity (Wildman–Crippen MR) is 77.3 cm³/mol. The number of hydrogen-bond acceptors (Lipinski definition) is 5. The number of carboxylic acid groups (broad SMARTS) is 2. The van der Waals surface area contributed by atoms with Gasteiger partial charge < -0.3 is 25.7 Å². The van der Waals surface area contributed by atoms with Crippen molar-refractivity contribution in [3.8, 4) is 16.9 Å². The fraction of sp³-hybridized carbons (Fsp3) is 0.0714. The number of ether oxygens (including phenoxy) is 1. The molecule has 1 aromatic carbocycles. The Morgan fingerprint density at radius 2 is 1.71 bits per heavy atom. The quantitative estimate of drug-likeness (QED) is 0.657. The Kier molecular flexibility index (Phi) is 4.22. The number of methoxy groups -OCH3 is 1. The molecule has 2 rings (SSSR count). The number of aromatic nitrogens is 1. The molecule has 1 aromatic heterocycles. The predicted octanol–water partition coefficient (Wildman–Crippen LogP) is 1.31. The third-order valence-electron chi connectivity index (χ3n) is 3.16. The molecule has 0 saturated carbocycles. The number of carboxylic acids is 2. The molecule has 0 aliphatic rings. The van der Waals surface area contributed by atoms with E-state index >= 15 is 0 Å². The van der Waals surface area contributed by atoms with Crippen molar-refractivity contribution in [3.63, 3.8) is 0 Å². The summed E-state index contributed by atoms with van der Waals surface area (Å²) in [6.45, 7) is 0. The van der Waals surface area contributed by atoms with E-state index in [1.165, 1.54) is 0 Å². The summed E-state index contributed by atoms with van der Waals surface area (Å²) in [5.74, 6) is -7.08. The van der Waals surface area contributed by atoms with E-state index in [-0.39, 0.29) is 0 Å². The fourth-order valence-corrected chi connectivity index (χ4v) is 2.25. The van der Waals surface area contributed by atoms with Crippen molar-refractivity contribution >= 4 is 17.8 Å². The Labute approximate surface area is 132 Å². The largest absolute Gasteiger partial charge is 0.496 e. The third-order valence-corrected chi connectivity index (χ3v) is 3.16. The Balaban J connectivity index is 3.12. The number of aromatic carboxylic acids is 2. The first-order chi connectivity index (χ1) is 11.2. The highest BCUT2D eigenvalue weighted by atomic mass is 19.1. The zero-order valence-electron chi connectivity index (χ0n) is 12.0. The SMILES string of the molecule is COc1cc(F)cc(F)c1-c1c(C(=O)O)c(N)[nH]c(=O)c1C(=O)O. The first kappa shape index (κ1) is 16.9. The van der Waals surface area contributed by atoms with Crippen LogP contribution in [0.4, 0.5) is 14.6 Å². The van der Waals surface area contributed by atoms with Crippen LogP contribution in [0, 0.1) is 11.6 Å². The normalized spacial score (nSPS) is 10.5. The zero-order valence-corrected chi connectivity index (χ0v) is 12.0. The molecule has 8 nitrogen and oxygen atoms in total. The van der Waals surface area contributed by atoms with Crippen LogP contribution in [-0.2, 0) is 0 Å². The van der Waals surface area contributed by atoms with Gasteiger partial charge in [0.05, 0.1) is 12.7 Å². The minimum absolute atomic E-state index is 0.395. The van der Waals surface area contributed by atoms with Crippen LogP contribution < -0.4 is 16.0 Å². The van der Waals surface area contributed by atoms with Gasteiger partial charge in [0.15, 0.2) is 0 Å². The summed E-state index contributed by atoms with van der Waals surface area (Å²) in [7, 11) is 1.04. The van der Waals surface area contributed by atoms with Gasteiger partial charge in [-0.1, -0.05) is 0 Å². The van der Waals surface area contributed by atoms with Gasteiger partial charge in [-0.3, -0.25) is 4.79 Å². The molecule has 2 aromatic rings. The summed E-state index contributed by atoms with van der Waals surface area (Å²) in [5, 5.41) is 18.5. The van der Waals surface area contributed by atoms with Crippen LogP contribution in [0.15, 0.2) is 16.9 Å². The molecule has 0 amide bonds. The highest BCUT2D eigenvalue weighted by Crippen LogP contribution is 2.38. The number of halogens is 2. The lowest BCUT2D eigenvalue weighted by Gasteiger charge is -2.15. The summed E-state index contributed by atoms with van der Waals surface area (Å²) in [6.07, 6.45) is 0. The van der Waals surface area contributed by atoms with Gasteiger partial charge in [-0.05, 0) is 0 Å². The first-order valence-electron chi connectivity index (χ1n) is 6.24. The Bertz CT molecular complexity index is 922. The number of nitrogens with two attached hydrogens (primary N) is 1. The maximum absolute atomic E-state index is 14.3. The van der Waals surface area contributed by atoms with E-state index in [1.807, 2.05) is 4.98 Å². The van der Waals surface area contributed by atoms with Crippen molar-refractivity contribution in [2.75, 3.05) is 12.8 Å². The summed E-state index contributed by atoms with van der Waals surface area (Å²) >= 11 is 0. The molecule has 0 bridgehead atoms. The van der Waals surface area contributed by atoms with Crippen LogP contribution >= 0.6 is 0 Å². The summed E-state index contributed by atoms with van der Waals surface area (Å²) in [5.41, 5.74) is 0.758. The van der Waals surface area contributed by atoms with Gasteiger partial charge in [0.2, 0.25) is 0 Å². The molecule has 0 radical (unpaired) electrons. The number of nitrogen functional groups attached to an aromatic ring is 1. The average Bonchev–Trinajstić information content (AvgIpc) is 2.44. The summed E-state index contributed by atoms with van der Waals surface area (Å²) in [6, 6.07) is 1.11. The molecule has 5 N–H and O–H groups in total. The monoisotopic (exact) mass is 340 g/mol. The van der Waals surface area contributed by atoms with Crippen molar-refractivity contribution in [2.45, 2.75) is 0 Å². The molecular weight excluding hydrogens is 330 g/mol. The lowest BCUT2D eigenvalue weighted by molar-refractivity contribution is 0.0695. The number of nitrogens with one attached hydrogen (secondary N) is 1. The van der Waals surface area contributed by atoms with Gasteiger partial charge in [-0.25, -0.2) is 18.4 Å². The number of benzene rings is 1. The van der Waals surface area contributed by atoms with Crippen molar-refractivity contribution in [1.82, 2.24) is 4.98 Å². The molecule has 0 atom stereocenters. The minimum atomic E-state index is -1.82. The molecule has 0 aliphatic heterocycles. The molecule has 10 heteroatoms. The summed E-state index contributed by atoms with van der Waals surface area (Å²) in [4.78, 5) is 36.6. The number of rotatable bonds is 4. The average molecular weight is 340 g/mol. The standard InChI is InChI=1S/C14H10F2N2O6/c1-24-6-3-4(15)2-5(16)7(6)8-9(13(20)21)11(17)18-12(19)10(8)14(22)23/h2-3H,1H3,(H,20,21)(H,22,23)(H3,17,18,19). The number of hydrogen-bond donors (Lipinski definition) is 4. The molecule has 0 spiro atoms. The first-order valence-corrected chi connectivity index (χ1v) is 6.24. The molecule has 0 aliphatic carbocycles. The number of anilines is 1. The topological polar surface area (TPSA) is 143 Å². The molecule has 0 saturated heterocycles. The molecule has 0 unspecified atom stereocenters. The molecule has 1 heterocycles. The van der Waals surface area contributed by atoms with Crippen molar-refractivity contribution in [3.05, 3.63) is 45.2 Å². The highest BCUT2D eigenvalue weighted by Gasteiger charge is 2.30. The maximum Gasteiger partial charge on any atom is 0.342 e. The van der Waals surface area contributed by atoms with E-state index in [0.29, 0.717) is 12.1 Å². The van der Waals surface area contributed by atoms with E-state index < -0.39 is 63.0 Å². The van der Waals surface area contributed by atoms with E-state index in [2.05, 4.69) is 0 Å².